The number of nitrogens with one attached hydrogen (secondary N) is 2. The monoisotopic (exact) mass is 292 g/mol. The molecule has 1 unspecified atom stereocenters. The van der Waals surface area contributed by atoms with Gasteiger partial charge in [-0.05, 0) is 25.1 Å². The van der Waals surface area contributed by atoms with E-state index in [1.165, 1.54) is 0 Å². The van der Waals surface area contributed by atoms with Crippen molar-refractivity contribution in [2.75, 3.05) is 31.1 Å². The van der Waals surface area contributed by atoms with Gasteiger partial charge in [-0.2, -0.15) is 5.26 Å². The van der Waals surface area contributed by atoms with Gasteiger partial charge in [0.2, 0.25) is 5.91 Å². The van der Waals surface area contributed by atoms with E-state index in [0.717, 1.165) is 18.8 Å². The maximum absolute atomic E-state index is 12.1. The highest BCUT2D eigenvalue weighted by molar-refractivity contribution is 6.32. The molecule has 1 saturated heterocycles. The molecule has 0 spiro atoms. The van der Waals surface area contributed by atoms with E-state index < -0.39 is 0 Å². The molecule has 0 aliphatic carbocycles. The van der Waals surface area contributed by atoms with Gasteiger partial charge in [-0.15, -0.1) is 0 Å². The number of benzene rings is 1. The van der Waals surface area contributed by atoms with Crippen LogP contribution in [0.1, 0.15) is 12.5 Å². The Hall–Kier alpha value is -1.77. The number of piperazine rings is 1. The van der Waals surface area contributed by atoms with Crippen molar-refractivity contribution in [3.8, 4) is 6.07 Å². The molecule has 1 fully saturated rings. The van der Waals surface area contributed by atoms with Crippen LogP contribution < -0.4 is 15.5 Å². The molecule has 1 aliphatic rings. The molecule has 1 heterocycles. The summed E-state index contributed by atoms with van der Waals surface area (Å²) in [6, 6.07) is 7.05. The predicted molar refractivity (Wildman–Crippen MR) is 78.9 cm³/mol. The Morgan fingerprint density at radius 1 is 1.65 bits per heavy atom. The van der Waals surface area contributed by atoms with Gasteiger partial charge < -0.3 is 15.5 Å². The van der Waals surface area contributed by atoms with E-state index >= 15 is 0 Å². The summed E-state index contributed by atoms with van der Waals surface area (Å²) in [7, 11) is 0. The number of halogens is 1. The van der Waals surface area contributed by atoms with Crippen LogP contribution >= 0.6 is 11.6 Å². The lowest BCUT2D eigenvalue weighted by Gasteiger charge is -2.37. The van der Waals surface area contributed by atoms with Crippen molar-refractivity contribution < 1.29 is 4.79 Å². The minimum Gasteiger partial charge on any atom is -0.357 e. The quantitative estimate of drug-likeness (QED) is 0.876. The van der Waals surface area contributed by atoms with E-state index in [2.05, 4.69) is 10.6 Å². The molecular weight excluding hydrogens is 276 g/mol. The molecule has 1 aliphatic heterocycles. The summed E-state index contributed by atoms with van der Waals surface area (Å²) in [4.78, 5) is 14.1. The highest BCUT2D eigenvalue weighted by Crippen LogP contribution is 2.25. The molecule has 106 valence electrons. The molecule has 1 aromatic carbocycles. The number of rotatable bonds is 3. The summed E-state index contributed by atoms with van der Waals surface area (Å²) in [5.41, 5.74) is 1.31. The normalized spacial score (nSPS) is 18.4. The lowest BCUT2D eigenvalue weighted by molar-refractivity contribution is -0.122. The van der Waals surface area contributed by atoms with E-state index in [4.69, 9.17) is 16.9 Å². The molecule has 0 radical (unpaired) electrons. The van der Waals surface area contributed by atoms with Crippen LogP contribution in [0.3, 0.4) is 0 Å². The number of nitrogens with zero attached hydrogens (tertiary/aromatic N) is 2. The highest BCUT2D eigenvalue weighted by atomic mass is 35.5. The van der Waals surface area contributed by atoms with E-state index in [9.17, 15) is 4.79 Å². The Balaban J connectivity index is 2.26. The van der Waals surface area contributed by atoms with Gasteiger partial charge in [-0.1, -0.05) is 11.6 Å². The fourth-order valence-corrected chi connectivity index (χ4v) is 2.53. The number of hydrogen-bond donors (Lipinski definition) is 2. The van der Waals surface area contributed by atoms with Crippen LogP contribution in [0.5, 0.6) is 0 Å². The van der Waals surface area contributed by atoms with Crippen LogP contribution in [0, 0.1) is 11.3 Å². The molecule has 0 bridgehead atoms. The molecule has 1 atom stereocenters. The molecule has 2 N–H and O–H groups in total. The van der Waals surface area contributed by atoms with Gasteiger partial charge in [0.1, 0.15) is 12.1 Å². The average molecular weight is 293 g/mol. The van der Waals surface area contributed by atoms with Crippen molar-refractivity contribution in [3.63, 3.8) is 0 Å². The van der Waals surface area contributed by atoms with E-state index in [1.54, 1.807) is 12.1 Å². The van der Waals surface area contributed by atoms with E-state index in [1.807, 2.05) is 24.0 Å². The molecular formula is C14H17ClN4O. The fraction of sp³-hybridized carbons (Fsp3) is 0.429. The predicted octanol–water partition coefficient (Wildman–Crippen LogP) is 1.13. The number of nitriles is 1. The Morgan fingerprint density at radius 3 is 3.10 bits per heavy atom. The summed E-state index contributed by atoms with van der Waals surface area (Å²) in [5.74, 6) is 0.000169. The SMILES string of the molecule is CCNC(=O)C1CNCCN1c1ccc(C#N)c(Cl)c1. The van der Waals surface area contributed by atoms with Gasteiger partial charge >= 0.3 is 0 Å². The van der Waals surface area contributed by atoms with Crippen molar-refractivity contribution in [2.45, 2.75) is 13.0 Å². The summed E-state index contributed by atoms with van der Waals surface area (Å²) >= 11 is 6.07. The second-order valence-electron chi connectivity index (χ2n) is 4.58. The summed E-state index contributed by atoms with van der Waals surface area (Å²) in [6.45, 7) is 4.65. The Morgan fingerprint density at radius 2 is 2.45 bits per heavy atom. The van der Waals surface area contributed by atoms with Gasteiger partial charge in [0.05, 0.1) is 10.6 Å². The Kier molecular flexibility index (Phi) is 4.83. The van der Waals surface area contributed by atoms with Gasteiger partial charge in [0.25, 0.3) is 0 Å². The first-order valence-corrected chi connectivity index (χ1v) is 7.00. The second-order valence-corrected chi connectivity index (χ2v) is 4.99. The number of likely N-dealkylation sites (N-methyl/N-ethyl adjacent to an activating group) is 1. The molecule has 0 aromatic heterocycles. The van der Waals surface area contributed by atoms with Gasteiger partial charge in [0.15, 0.2) is 0 Å². The molecule has 6 heteroatoms. The highest BCUT2D eigenvalue weighted by Gasteiger charge is 2.28. The second kappa shape index (κ2) is 6.60. The smallest absolute Gasteiger partial charge is 0.244 e. The van der Waals surface area contributed by atoms with E-state index in [0.29, 0.717) is 23.7 Å². The minimum absolute atomic E-state index is 0.000169. The molecule has 1 aromatic rings. The first-order valence-electron chi connectivity index (χ1n) is 6.62. The van der Waals surface area contributed by atoms with Crippen molar-refractivity contribution in [1.82, 2.24) is 10.6 Å². The number of carbonyl (C=O) groups excluding carboxylic acids is 1. The Bertz CT molecular complexity index is 540. The third kappa shape index (κ3) is 3.03. The van der Waals surface area contributed by atoms with Crippen molar-refractivity contribution in [2.24, 2.45) is 0 Å². The third-order valence-corrected chi connectivity index (χ3v) is 3.61. The van der Waals surface area contributed by atoms with Crippen LogP contribution in [0.25, 0.3) is 0 Å². The Labute approximate surface area is 123 Å². The van der Waals surface area contributed by atoms with Crippen molar-refractivity contribution in [1.29, 1.82) is 5.26 Å². The maximum Gasteiger partial charge on any atom is 0.244 e. The zero-order valence-corrected chi connectivity index (χ0v) is 12.1. The number of anilines is 1. The first kappa shape index (κ1) is 14.6. The van der Waals surface area contributed by atoms with Crippen LogP contribution in [-0.4, -0.2) is 38.1 Å². The summed E-state index contributed by atoms with van der Waals surface area (Å²) < 4.78 is 0. The molecule has 1 amide bonds. The van der Waals surface area contributed by atoms with Crippen LogP contribution in [0.4, 0.5) is 5.69 Å². The standard InChI is InChI=1S/C14H17ClN4O/c1-2-18-14(20)13-9-17-5-6-19(13)11-4-3-10(8-16)12(15)7-11/h3-4,7,13,17H,2,5-6,9H2,1H3,(H,18,20). The lowest BCUT2D eigenvalue weighted by Crippen LogP contribution is -2.58. The van der Waals surface area contributed by atoms with Crippen LogP contribution in [0.15, 0.2) is 18.2 Å². The van der Waals surface area contributed by atoms with Crippen molar-refractivity contribution >= 4 is 23.2 Å². The van der Waals surface area contributed by atoms with Crippen LogP contribution in [0.2, 0.25) is 5.02 Å². The summed E-state index contributed by atoms with van der Waals surface area (Å²) in [5, 5.41) is 15.4. The fourth-order valence-electron chi connectivity index (χ4n) is 2.31. The summed E-state index contributed by atoms with van der Waals surface area (Å²) in [6.07, 6.45) is 0. The number of amides is 1. The zero-order chi connectivity index (χ0) is 14.5. The number of carbonyl (C=O) groups is 1. The molecule has 0 saturated carbocycles. The molecule has 2 rings (SSSR count). The largest absolute Gasteiger partial charge is 0.357 e. The van der Waals surface area contributed by atoms with Gasteiger partial charge in [-0.25, -0.2) is 0 Å². The maximum atomic E-state index is 12.1. The van der Waals surface area contributed by atoms with Crippen LogP contribution in [-0.2, 0) is 4.79 Å². The van der Waals surface area contributed by atoms with Crippen molar-refractivity contribution in [3.05, 3.63) is 28.8 Å². The average Bonchev–Trinajstić information content (AvgIpc) is 2.47. The molecule has 20 heavy (non-hydrogen) atoms. The number of hydrogen-bond acceptors (Lipinski definition) is 4. The molecule has 5 nitrogen and oxygen atoms in total. The zero-order valence-electron chi connectivity index (χ0n) is 11.3. The van der Waals surface area contributed by atoms with Gasteiger partial charge in [0, 0.05) is 31.9 Å². The third-order valence-electron chi connectivity index (χ3n) is 3.30. The van der Waals surface area contributed by atoms with Gasteiger partial charge in [-0.3, -0.25) is 4.79 Å². The lowest BCUT2D eigenvalue weighted by atomic mass is 10.1. The topological polar surface area (TPSA) is 68.2 Å². The van der Waals surface area contributed by atoms with E-state index in [-0.39, 0.29) is 11.9 Å². The first-order chi connectivity index (χ1) is 9.67. The minimum atomic E-state index is -0.257.